The van der Waals surface area contributed by atoms with Crippen LogP contribution in [0.5, 0.6) is 0 Å². The smallest absolute Gasteiger partial charge is 0.410 e. The Morgan fingerprint density at radius 2 is 1.66 bits per heavy atom. The quantitative estimate of drug-likeness (QED) is 0.338. The predicted molar refractivity (Wildman–Crippen MR) is 144 cm³/mol. The van der Waals surface area contributed by atoms with E-state index in [1.807, 2.05) is 52.8 Å². The Hall–Kier alpha value is -4.21. The number of hydrogen-bond donors (Lipinski definition) is 1. The zero-order chi connectivity index (χ0) is 27.6. The average Bonchev–Trinajstić information content (AvgIpc) is 3.31. The number of carbonyl (C=O) groups excluding carboxylic acids is 2. The molecule has 2 amide bonds. The van der Waals surface area contributed by atoms with Gasteiger partial charge in [-0.15, -0.1) is 0 Å². The van der Waals surface area contributed by atoms with E-state index in [-0.39, 0.29) is 23.6 Å². The van der Waals surface area contributed by atoms with Crippen LogP contribution in [0.4, 0.5) is 16.2 Å². The molecule has 38 heavy (non-hydrogen) atoms. The molecular formula is C28H33N5O5. The second-order valence-corrected chi connectivity index (χ2v) is 10.6. The molecule has 1 fully saturated rings. The Morgan fingerprint density at radius 1 is 1.05 bits per heavy atom. The molecule has 1 aromatic heterocycles. The van der Waals surface area contributed by atoms with Gasteiger partial charge in [0.2, 0.25) is 0 Å². The van der Waals surface area contributed by atoms with Crippen LogP contribution in [0.1, 0.15) is 66.7 Å². The van der Waals surface area contributed by atoms with E-state index in [9.17, 15) is 19.7 Å². The monoisotopic (exact) mass is 519 g/mol. The van der Waals surface area contributed by atoms with E-state index in [1.165, 1.54) is 12.1 Å². The van der Waals surface area contributed by atoms with Crippen LogP contribution in [0.2, 0.25) is 0 Å². The lowest BCUT2D eigenvalue weighted by molar-refractivity contribution is -0.384. The molecule has 1 aliphatic heterocycles. The number of nitrogens with one attached hydrogen (secondary N) is 1. The highest BCUT2D eigenvalue weighted by molar-refractivity contribution is 6.06. The van der Waals surface area contributed by atoms with Crippen molar-refractivity contribution in [3.63, 3.8) is 0 Å². The maximum atomic E-state index is 13.6. The van der Waals surface area contributed by atoms with Gasteiger partial charge in [0, 0.05) is 36.8 Å². The fourth-order valence-electron chi connectivity index (χ4n) is 4.70. The second-order valence-electron chi connectivity index (χ2n) is 10.6. The molecule has 4 rings (SSSR count). The van der Waals surface area contributed by atoms with Crippen LogP contribution >= 0.6 is 0 Å². The van der Waals surface area contributed by atoms with Crippen molar-refractivity contribution in [3.8, 4) is 5.69 Å². The van der Waals surface area contributed by atoms with Crippen molar-refractivity contribution in [1.29, 1.82) is 0 Å². The van der Waals surface area contributed by atoms with E-state index >= 15 is 0 Å². The lowest BCUT2D eigenvalue weighted by Gasteiger charge is -2.34. The van der Waals surface area contributed by atoms with Crippen molar-refractivity contribution in [3.05, 3.63) is 81.2 Å². The third kappa shape index (κ3) is 5.85. The first-order valence-electron chi connectivity index (χ1n) is 12.6. The first-order valence-corrected chi connectivity index (χ1v) is 12.6. The minimum absolute atomic E-state index is 0.0267. The normalized spacial score (nSPS) is 14.3. The number of rotatable bonds is 5. The van der Waals surface area contributed by atoms with Gasteiger partial charge < -0.3 is 15.0 Å². The molecule has 200 valence electrons. The summed E-state index contributed by atoms with van der Waals surface area (Å²) in [4.78, 5) is 38.5. The highest BCUT2D eigenvalue weighted by Gasteiger charge is 2.32. The maximum Gasteiger partial charge on any atom is 0.410 e. The van der Waals surface area contributed by atoms with E-state index in [0.29, 0.717) is 42.9 Å². The van der Waals surface area contributed by atoms with E-state index < -0.39 is 10.5 Å². The summed E-state index contributed by atoms with van der Waals surface area (Å²) in [5.41, 5.74) is 3.81. The predicted octanol–water partition coefficient (Wildman–Crippen LogP) is 5.76. The third-order valence-corrected chi connectivity index (χ3v) is 6.61. The van der Waals surface area contributed by atoms with Gasteiger partial charge in [0.1, 0.15) is 5.60 Å². The molecule has 1 N–H and O–H groups in total. The number of para-hydroxylation sites is 1. The molecule has 2 heterocycles. The number of hydrogen-bond acceptors (Lipinski definition) is 6. The zero-order valence-corrected chi connectivity index (χ0v) is 22.4. The van der Waals surface area contributed by atoms with Crippen LogP contribution in [0.3, 0.4) is 0 Å². The Morgan fingerprint density at radius 3 is 2.21 bits per heavy atom. The number of amides is 2. The molecular weight excluding hydrogens is 486 g/mol. The fraction of sp³-hybridized carbons (Fsp3) is 0.393. The van der Waals surface area contributed by atoms with Gasteiger partial charge in [-0.1, -0.05) is 18.2 Å². The molecule has 0 bridgehead atoms. The molecule has 1 saturated heterocycles. The largest absolute Gasteiger partial charge is 0.444 e. The van der Waals surface area contributed by atoms with E-state index in [0.717, 1.165) is 16.8 Å². The van der Waals surface area contributed by atoms with Crippen LogP contribution in [0.25, 0.3) is 5.69 Å². The summed E-state index contributed by atoms with van der Waals surface area (Å²) in [5, 5.41) is 18.7. The number of nitrogens with zero attached hydrogens (tertiary/aromatic N) is 4. The van der Waals surface area contributed by atoms with Crippen molar-refractivity contribution < 1.29 is 19.2 Å². The van der Waals surface area contributed by atoms with Gasteiger partial charge in [-0.2, -0.15) is 5.10 Å². The molecule has 0 unspecified atom stereocenters. The van der Waals surface area contributed by atoms with Crippen molar-refractivity contribution in [2.75, 3.05) is 18.4 Å². The molecule has 3 aromatic rings. The standard InChI is InChI=1S/C28H33N5O5/c1-18-7-6-8-19(2)24(18)30-26(34)23-17-29-32(21-9-11-22(12-10-21)33(36)37)25(23)20-13-15-31(16-14-20)27(35)38-28(3,4)5/h6-12,17,20H,13-16H2,1-5H3,(H,30,34). The number of carbonyl (C=O) groups is 2. The molecule has 0 spiro atoms. The summed E-state index contributed by atoms with van der Waals surface area (Å²) < 4.78 is 7.21. The Kier molecular flexibility index (Phi) is 7.52. The minimum Gasteiger partial charge on any atom is -0.444 e. The van der Waals surface area contributed by atoms with Crippen molar-refractivity contribution in [1.82, 2.24) is 14.7 Å². The number of aromatic nitrogens is 2. The fourth-order valence-corrected chi connectivity index (χ4v) is 4.70. The number of aryl methyl sites for hydroxylation is 2. The maximum absolute atomic E-state index is 13.6. The first kappa shape index (κ1) is 26.8. The summed E-state index contributed by atoms with van der Waals surface area (Å²) in [5.74, 6) is -0.342. The molecule has 10 nitrogen and oxygen atoms in total. The molecule has 1 aliphatic rings. The summed E-state index contributed by atoms with van der Waals surface area (Å²) in [6.45, 7) is 10.3. The highest BCUT2D eigenvalue weighted by Crippen LogP contribution is 2.34. The van der Waals surface area contributed by atoms with Gasteiger partial charge in [-0.05, 0) is 70.7 Å². The van der Waals surface area contributed by atoms with E-state index in [4.69, 9.17) is 4.74 Å². The number of likely N-dealkylation sites (tertiary alicyclic amines) is 1. The summed E-state index contributed by atoms with van der Waals surface area (Å²) in [6.07, 6.45) is 2.41. The van der Waals surface area contributed by atoms with Gasteiger partial charge in [-0.25, -0.2) is 9.48 Å². The highest BCUT2D eigenvalue weighted by atomic mass is 16.6. The van der Waals surface area contributed by atoms with Crippen molar-refractivity contribution >= 4 is 23.4 Å². The van der Waals surface area contributed by atoms with Gasteiger partial charge in [-0.3, -0.25) is 14.9 Å². The summed E-state index contributed by atoms with van der Waals surface area (Å²) in [7, 11) is 0. The Bertz CT molecular complexity index is 1330. The summed E-state index contributed by atoms with van der Waals surface area (Å²) in [6, 6.07) is 11.9. The Balaban J connectivity index is 1.66. The van der Waals surface area contributed by atoms with E-state index in [2.05, 4.69) is 10.4 Å². The third-order valence-electron chi connectivity index (χ3n) is 6.61. The molecule has 0 radical (unpaired) electrons. The van der Waals surface area contributed by atoms with Crippen molar-refractivity contribution in [2.45, 2.75) is 59.0 Å². The Labute approximate surface area is 221 Å². The van der Waals surface area contributed by atoms with Gasteiger partial charge in [0.25, 0.3) is 11.6 Å². The topological polar surface area (TPSA) is 120 Å². The number of ether oxygens (including phenoxy) is 1. The average molecular weight is 520 g/mol. The molecule has 0 aliphatic carbocycles. The number of nitro benzene ring substituents is 1. The molecule has 2 aromatic carbocycles. The number of nitro groups is 1. The molecule has 0 saturated carbocycles. The van der Waals surface area contributed by atoms with Gasteiger partial charge in [0.15, 0.2) is 0 Å². The van der Waals surface area contributed by atoms with Crippen LogP contribution < -0.4 is 5.32 Å². The molecule has 10 heteroatoms. The van der Waals surface area contributed by atoms with Gasteiger partial charge >= 0.3 is 6.09 Å². The lowest BCUT2D eigenvalue weighted by Crippen LogP contribution is -2.41. The van der Waals surface area contributed by atoms with Gasteiger partial charge in [0.05, 0.1) is 28.1 Å². The lowest BCUT2D eigenvalue weighted by atomic mass is 9.90. The second kappa shape index (κ2) is 10.6. The van der Waals surface area contributed by atoms with Crippen LogP contribution in [-0.2, 0) is 4.74 Å². The van der Waals surface area contributed by atoms with Crippen LogP contribution in [0.15, 0.2) is 48.7 Å². The summed E-state index contributed by atoms with van der Waals surface area (Å²) >= 11 is 0. The number of non-ortho nitro benzene ring substituents is 1. The number of benzene rings is 2. The van der Waals surface area contributed by atoms with Crippen molar-refractivity contribution in [2.24, 2.45) is 0 Å². The zero-order valence-electron chi connectivity index (χ0n) is 22.4. The minimum atomic E-state index is -0.582. The number of piperidine rings is 1. The molecule has 0 atom stereocenters. The van der Waals surface area contributed by atoms with Crippen LogP contribution in [0, 0.1) is 24.0 Å². The SMILES string of the molecule is Cc1cccc(C)c1NC(=O)c1cnn(-c2ccc([N+](=O)[O-])cc2)c1C1CCN(C(=O)OC(C)(C)C)CC1. The first-order chi connectivity index (χ1) is 17.9. The van der Waals surface area contributed by atoms with Crippen LogP contribution in [-0.4, -0.2) is 50.3 Å². The van der Waals surface area contributed by atoms with E-state index in [1.54, 1.807) is 27.9 Å². The number of anilines is 1.